The van der Waals surface area contributed by atoms with Gasteiger partial charge in [0.15, 0.2) is 17.5 Å². The number of anilines is 7. The normalized spacial score (nSPS) is 25.2. The van der Waals surface area contributed by atoms with E-state index in [1.807, 2.05) is 12.4 Å². The topological polar surface area (TPSA) is 51.6 Å². The molecular weight excluding hydrogens is 578 g/mol. The zero-order chi connectivity index (χ0) is 32.0. The Morgan fingerprint density at radius 3 is 2.17 bits per heavy atom. The molecule has 3 aromatic carbocycles. The lowest BCUT2D eigenvalue weighted by molar-refractivity contribution is 0.0185. The van der Waals surface area contributed by atoms with Gasteiger partial charge in [-0.2, -0.15) is 0 Å². The highest BCUT2D eigenvalue weighted by molar-refractivity contribution is 5.86. The number of aromatic nitrogens is 3. The van der Waals surface area contributed by atoms with Gasteiger partial charge in [0.05, 0.1) is 17.6 Å². The molecule has 0 radical (unpaired) electrons. The Bertz CT molecular complexity index is 1990. The van der Waals surface area contributed by atoms with E-state index in [0.717, 1.165) is 41.7 Å². The second-order valence-electron chi connectivity index (χ2n) is 14.0. The van der Waals surface area contributed by atoms with Gasteiger partial charge in [0.25, 0.3) is 0 Å². The maximum absolute atomic E-state index is 5.23. The fourth-order valence-electron chi connectivity index (χ4n) is 9.38. The molecule has 7 heteroatoms. The summed E-state index contributed by atoms with van der Waals surface area (Å²) in [5.74, 6) is 3.96. The molecule has 5 aromatic rings. The highest BCUT2D eigenvalue weighted by Crippen LogP contribution is 2.72. The van der Waals surface area contributed by atoms with Crippen molar-refractivity contribution in [3.05, 3.63) is 120 Å². The molecule has 1 aliphatic carbocycles. The van der Waals surface area contributed by atoms with Crippen LogP contribution in [0, 0.1) is 5.41 Å². The first kappa shape index (κ1) is 28.3. The zero-order valence-electron chi connectivity index (χ0n) is 27.7. The van der Waals surface area contributed by atoms with Crippen molar-refractivity contribution in [1.29, 1.82) is 0 Å². The summed E-state index contributed by atoms with van der Waals surface area (Å²) in [7, 11) is 2.26. The minimum absolute atomic E-state index is 0.00245. The molecule has 1 saturated carbocycles. The summed E-state index contributed by atoms with van der Waals surface area (Å²) in [6.45, 7) is 9.05. The monoisotopic (exact) mass is 619 g/mol. The quantitative estimate of drug-likeness (QED) is 0.194. The number of nitrogens with zero attached hydrogens (tertiary/aromatic N) is 7. The van der Waals surface area contributed by atoms with Gasteiger partial charge in [-0.15, -0.1) is 0 Å². The summed E-state index contributed by atoms with van der Waals surface area (Å²) in [6, 6.07) is 33.1. The molecule has 5 unspecified atom stereocenters. The Kier molecular flexibility index (Phi) is 6.20. The van der Waals surface area contributed by atoms with Crippen LogP contribution in [-0.2, 0) is 0 Å². The van der Waals surface area contributed by atoms with Crippen LogP contribution in [0.3, 0.4) is 0 Å². The Morgan fingerprint density at radius 1 is 0.745 bits per heavy atom. The molecule has 4 aliphatic rings. The molecule has 236 valence electrons. The molecule has 5 heterocycles. The van der Waals surface area contributed by atoms with Crippen LogP contribution in [-0.4, -0.2) is 34.3 Å². The third-order valence-corrected chi connectivity index (χ3v) is 11.5. The van der Waals surface area contributed by atoms with Crippen LogP contribution in [0.25, 0.3) is 0 Å². The van der Waals surface area contributed by atoms with E-state index in [9.17, 15) is 0 Å². The number of para-hydroxylation sites is 3. The zero-order valence-corrected chi connectivity index (χ0v) is 27.7. The van der Waals surface area contributed by atoms with Crippen molar-refractivity contribution >= 4 is 40.2 Å². The molecule has 0 amide bonds. The first-order valence-corrected chi connectivity index (χ1v) is 17.1. The van der Waals surface area contributed by atoms with Gasteiger partial charge in [-0.1, -0.05) is 75.4 Å². The highest BCUT2D eigenvalue weighted by atomic mass is 15.5. The second-order valence-corrected chi connectivity index (χ2v) is 14.0. The van der Waals surface area contributed by atoms with Gasteiger partial charge in [0.1, 0.15) is 12.3 Å². The minimum atomic E-state index is 0.00245. The SMILES string of the molecule is CCC12CC(c3ccccc3N3c4ncc(C(C)C)nc4N(c4ccccc4)C3C)C1c1ccccc1N1c3ncccc3N(C)C12. The number of benzene rings is 3. The lowest BCUT2D eigenvalue weighted by Gasteiger charge is -2.64. The fraction of sp³-hybridized carbons (Fsp3) is 0.325. The van der Waals surface area contributed by atoms with Crippen LogP contribution >= 0.6 is 0 Å². The van der Waals surface area contributed by atoms with Gasteiger partial charge < -0.3 is 19.6 Å². The molecule has 7 nitrogen and oxygen atoms in total. The fourth-order valence-corrected chi connectivity index (χ4v) is 9.38. The standard InChI is InChI=1S/C40H41N7/c1-6-40-23-30(35(40)29-18-11-13-20-33(29)47-36-34(21-14-22-41-36)44(5)39(40)47)28-17-10-12-19-32(28)46-26(4)45(27-15-8-7-9-16-27)38-37(46)42-24-31(43-38)25(2)3/h7-22,24-26,30,35,39H,6,23H2,1-5H3. The molecule has 0 spiro atoms. The third kappa shape index (κ3) is 3.77. The maximum Gasteiger partial charge on any atom is 0.178 e. The van der Waals surface area contributed by atoms with Crippen molar-refractivity contribution in [2.45, 2.75) is 70.6 Å². The largest absolute Gasteiger partial charge is 0.350 e. The van der Waals surface area contributed by atoms with E-state index in [1.54, 1.807) is 0 Å². The van der Waals surface area contributed by atoms with Crippen LogP contribution in [0.1, 0.15) is 75.1 Å². The van der Waals surface area contributed by atoms with Crippen LogP contribution in [0.5, 0.6) is 0 Å². The van der Waals surface area contributed by atoms with Gasteiger partial charge >= 0.3 is 0 Å². The van der Waals surface area contributed by atoms with Crippen LogP contribution in [0.2, 0.25) is 0 Å². The van der Waals surface area contributed by atoms with E-state index < -0.39 is 0 Å². The third-order valence-electron chi connectivity index (χ3n) is 11.5. The van der Waals surface area contributed by atoms with Gasteiger partial charge in [-0.05, 0) is 79.1 Å². The van der Waals surface area contributed by atoms with E-state index in [0.29, 0.717) is 17.8 Å². The lowest BCUT2D eigenvalue weighted by atomic mass is 9.46. The Labute approximate surface area is 277 Å². The molecule has 5 atom stereocenters. The summed E-state index contributed by atoms with van der Waals surface area (Å²) in [6.07, 6.45) is 6.33. The molecule has 47 heavy (non-hydrogen) atoms. The molecule has 1 fully saturated rings. The number of pyridine rings is 1. The van der Waals surface area contributed by atoms with Crippen molar-refractivity contribution < 1.29 is 0 Å². The van der Waals surface area contributed by atoms with E-state index >= 15 is 0 Å². The Balaban J connectivity index is 1.18. The van der Waals surface area contributed by atoms with Crippen molar-refractivity contribution in [1.82, 2.24) is 15.0 Å². The van der Waals surface area contributed by atoms with Crippen molar-refractivity contribution in [3.8, 4) is 0 Å². The second kappa shape index (κ2) is 10.3. The first-order valence-electron chi connectivity index (χ1n) is 17.1. The summed E-state index contributed by atoms with van der Waals surface area (Å²) < 4.78 is 0. The van der Waals surface area contributed by atoms with Gasteiger partial charge in [-0.25, -0.2) is 15.0 Å². The van der Waals surface area contributed by atoms with Crippen LogP contribution in [0.15, 0.2) is 103 Å². The lowest BCUT2D eigenvalue weighted by Crippen LogP contribution is -2.63. The van der Waals surface area contributed by atoms with Crippen LogP contribution < -0.4 is 19.6 Å². The maximum atomic E-state index is 5.23. The molecule has 0 N–H and O–H groups in total. The van der Waals surface area contributed by atoms with E-state index in [-0.39, 0.29) is 17.7 Å². The summed E-state index contributed by atoms with van der Waals surface area (Å²) in [5.41, 5.74) is 8.78. The van der Waals surface area contributed by atoms with E-state index in [4.69, 9.17) is 15.0 Å². The number of fused-ring (bicyclic) bond motifs is 9. The summed E-state index contributed by atoms with van der Waals surface area (Å²) in [5, 5.41) is 0. The number of hydrogen-bond donors (Lipinski definition) is 0. The minimum Gasteiger partial charge on any atom is -0.350 e. The molecule has 9 rings (SSSR count). The van der Waals surface area contributed by atoms with E-state index in [2.05, 4.69) is 145 Å². The predicted octanol–water partition coefficient (Wildman–Crippen LogP) is 9.23. The molecular formula is C40H41N7. The average Bonchev–Trinajstić information content (AvgIpc) is 3.55. The first-order chi connectivity index (χ1) is 22.9. The smallest absolute Gasteiger partial charge is 0.178 e. The van der Waals surface area contributed by atoms with Crippen LogP contribution in [0.4, 0.5) is 40.2 Å². The van der Waals surface area contributed by atoms with Gasteiger partial charge in [0.2, 0.25) is 0 Å². The molecule has 0 bridgehead atoms. The molecule has 2 aromatic heterocycles. The summed E-state index contributed by atoms with van der Waals surface area (Å²) in [4.78, 5) is 25.1. The van der Waals surface area contributed by atoms with Crippen molar-refractivity contribution in [3.63, 3.8) is 0 Å². The summed E-state index contributed by atoms with van der Waals surface area (Å²) >= 11 is 0. The Morgan fingerprint density at radius 2 is 1.43 bits per heavy atom. The highest BCUT2D eigenvalue weighted by Gasteiger charge is 2.66. The van der Waals surface area contributed by atoms with Crippen molar-refractivity contribution in [2.75, 3.05) is 26.6 Å². The van der Waals surface area contributed by atoms with Gasteiger partial charge in [0, 0.05) is 41.6 Å². The van der Waals surface area contributed by atoms with Gasteiger partial charge in [-0.3, -0.25) is 0 Å². The molecule has 3 aliphatic heterocycles. The molecule has 0 saturated heterocycles. The number of hydrogen-bond acceptors (Lipinski definition) is 7. The average molecular weight is 620 g/mol. The van der Waals surface area contributed by atoms with Crippen molar-refractivity contribution in [2.24, 2.45) is 5.41 Å². The number of rotatable bonds is 5. The predicted molar refractivity (Wildman–Crippen MR) is 191 cm³/mol. The Hall–Kier alpha value is -4.91. The van der Waals surface area contributed by atoms with E-state index in [1.165, 1.54) is 28.2 Å².